The molecule has 0 radical (unpaired) electrons. The third kappa shape index (κ3) is 3.83. The summed E-state index contributed by atoms with van der Waals surface area (Å²) in [7, 11) is 0. The first-order valence-electron chi connectivity index (χ1n) is 7.41. The molecule has 0 spiro atoms. The van der Waals surface area contributed by atoms with E-state index < -0.39 is 5.82 Å². The molecule has 3 heteroatoms. The lowest BCUT2D eigenvalue weighted by molar-refractivity contribution is -0.115. The molecule has 1 N–H and O–H groups in total. The van der Waals surface area contributed by atoms with Gasteiger partial charge in [-0.1, -0.05) is 66.7 Å². The van der Waals surface area contributed by atoms with Crippen molar-refractivity contribution < 1.29 is 9.18 Å². The Hall–Kier alpha value is -2.94. The van der Waals surface area contributed by atoms with Gasteiger partial charge >= 0.3 is 0 Å². The van der Waals surface area contributed by atoms with E-state index >= 15 is 0 Å². The highest BCUT2D eigenvalue weighted by Gasteiger charge is 2.07. The Bertz CT molecular complexity index is 797. The molecule has 0 aliphatic heterocycles. The first-order valence-corrected chi connectivity index (χ1v) is 7.41. The minimum absolute atomic E-state index is 0.207. The number of hydrogen-bond acceptors (Lipinski definition) is 1. The third-order valence-corrected chi connectivity index (χ3v) is 3.57. The van der Waals surface area contributed by atoms with E-state index in [9.17, 15) is 9.18 Å². The predicted molar refractivity (Wildman–Crippen MR) is 90.6 cm³/mol. The molecule has 0 fully saturated rings. The Morgan fingerprint density at radius 2 is 1.39 bits per heavy atom. The summed E-state index contributed by atoms with van der Waals surface area (Å²) >= 11 is 0. The van der Waals surface area contributed by atoms with Crippen LogP contribution in [-0.2, 0) is 11.2 Å². The fourth-order valence-corrected chi connectivity index (χ4v) is 2.39. The van der Waals surface area contributed by atoms with E-state index in [2.05, 4.69) is 5.32 Å². The van der Waals surface area contributed by atoms with Gasteiger partial charge in [-0.3, -0.25) is 4.79 Å². The first-order chi connectivity index (χ1) is 11.2. The monoisotopic (exact) mass is 305 g/mol. The summed E-state index contributed by atoms with van der Waals surface area (Å²) in [6, 6.07) is 24.0. The summed E-state index contributed by atoms with van der Waals surface area (Å²) in [5, 5.41) is 2.59. The van der Waals surface area contributed by atoms with Crippen molar-refractivity contribution in [1.29, 1.82) is 0 Å². The van der Waals surface area contributed by atoms with E-state index in [1.165, 1.54) is 6.07 Å². The molecule has 0 saturated heterocycles. The Morgan fingerprint density at radius 1 is 0.783 bits per heavy atom. The van der Waals surface area contributed by atoms with Gasteiger partial charge in [0.05, 0.1) is 12.1 Å². The standard InChI is InChI=1S/C20H16FNO/c21-18-8-4-5-9-19(18)22-20(23)14-15-10-12-17(13-11-15)16-6-2-1-3-7-16/h1-13H,14H2,(H,22,23). The second-order valence-electron chi connectivity index (χ2n) is 5.27. The van der Waals surface area contributed by atoms with Gasteiger partial charge in [-0.2, -0.15) is 0 Å². The van der Waals surface area contributed by atoms with E-state index in [4.69, 9.17) is 0 Å². The first kappa shape index (κ1) is 15.0. The molecule has 3 aromatic carbocycles. The molecular weight excluding hydrogens is 289 g/mol. The van der Waals surface area contributed by atoms with Gasteiger partial charge in [0.2, 0.25) is 5.91 Å². The van der Waals surface area contributed by atoms with E-state index in [1.54, 1.807) is 18.2 Å². The quantitative estimate of drug-likeness (QED) is 0.745. The normalized spacial score (nSPS) is 10.3. The number of rotatable bonds is 4. The minimum atomic E-state index is -0.430. The van der Waals surface area contributed by atoms with Crippen LogP contribution in [0.2, 0.25) is 0 Å². The maximum Gasteiger partial charge on any atom is 0.228 e. The zero-order valence-electron chi connectivity index (χ0n) is 12.5. The molecule has 0 saturated carbocycles. The average molecular weight is 305 g/mol. The van der Waals surface area contributed by atoms with E-state index in [0.29, 0.717) is 0 Å². The number of para-hydroxylation sites is 1. The van der Waals surface area contributed by atoms with Crippen molar-refractivity contribution in [3.05, 3.63) is 90.2 Å². The van der Waals surface area contributed by atoms with Gasteiger partial charge in [0.15, 0.2) is 0 Å². The van der Waals surface area contributed by atoms with Crippen molar-refractivity contribution in [1.82, 2.24) is 0 Å². The van der Waals surface area contributed by atoms with Crippen molar-refractivity contribution in [2.75, 3.05) is 5.32 Å². The van der Waals surface area contributed by atoms with Crippen molar-refractivity contribution in [3.8, 4) is 11.1 Å². The van der Waals surface area contributed by atoms with Crippen molar-refractivity contribution in [2.24, 2.45) is 0 Å². The number of anilines is 1. The molecule has 0 aromatic heterocycles. The molecule has 23 heavy (non-hydrogen) atoms. The maximum absolute atomic E-state index is 13.5. The zero-order chi connectivity index (χ0) is 16.1. The third-order valence-electron chi connectivity index (χ3n) is 3.57. The number of carbonyl (C=O) groups is 1. The molecule has 0 unspecified atom stereocenters. The van der Waals surface area contributed by atoms with E-state index in [0.717, 1.165) is 16.7 Å². The molecule has 0 bridgehead atoms. The van der Waals surface area contributed by atoms with Crippen LogP contribution in [0, 0.1) is 5.82 Å². The van der Waals surface area contributed by atoms with Crippen LogP contribution in [0.1, 0.15) is 5.56 Å². The van der Waals surface area contributed by atoms with Crippen molar-refractivity contribution in [3.63, 3.8) is 0 Å². The van der Waals surface area contributed by atoms with Crippen molar-refractivity contribution in [2.45, 2.75) is 6.42 Å². The van der Waals surface area contributed by atoms with E-state index in [1.807, 2.05) is 54.6 Å². The molecule has 0 atom stereocenters. The lowest BCUT2D eigenvalue weighted by atomic mass is 10.0. The van der Waals surface area contributed by atoms with Crippen LogP contribution in [0.25, 0.3) is 11.1 Å². The summed E-state index contributed by atoms with van der Waals surface area (Å²) in [4.78, 5) is 12.0. The lowest BCUT2D eigenvalue weighted by Crippen LogP contribution is -2.15. The second-order valence-corrected chi connectivity index (χ2v) is 5.27. The molecule has 0 heterocycles. The van der Waals surface area contributed by atoms with Gasteiger partial charge in [0.1, 0.15) is 5.82 Å². The number of amides is 1. The summed E-state index contributed by atoms with van der Waals surface area (Å²) < 4.78 is 13.5. The molecule has 2 nitrogen and oxygen atoms in total. The molecule has 3 rings (SSSR count). The van der Waals surface area contributed by atoms with Crippen LogP contribution in [-0.4, -0.2) is 5.91 Å². The zero-order valence-corrected chi connectivity index (χ0v) is 12.5. The van der Waals surface area contributed by atoms with Crippen LogP contribution >= 0.6 is 0 Å². The summed E-state index contributed by atoms with van der Waals surface area (Å²) in [6.45, 7) is 0. The van der Waals surface area contributed by atoms with Gasteiger partial charge in [0, 0.05) is 0 Å². The predicted octanol–water partition coefficient (Wildman–Crippen LogP) is 4.67. The molecule has 0 aliphatic rings. The van der Waals surface area contributed by atoms with Crippen LogP contribution < -0.4 is 5.32 Å². The largest absolute Gasteiger partial charge is 0.323 e. The van der Waals surface area contributed by atoms with Gasteiger partial charge in [-0.25, -0.2) is 4.39 Å². The number of hydrogen-bond donors (Lipinski definition) is 1. The van der Waals surface area contributed by atoms with E-state index in [-0.39, 0.29) is 18.0 Å². The minimum Gasteiger partial charge on any atom is -0.323 e. The second kappa shape index (κ2) is 6.88. The molecule has 3 aromatic rings. The average Bonchev–Trinajstić information content (AvgIpc) is 2.58. The number of carbonyl (C=O) groups excluding carboxylic acids is 1. The summed E-state index contributed by atoms with van der Waals surface area (Å²) in [5.41, 5.74) is 3.33. The summed E-state index contributed by atoms with van der Waals surface area (Å²) in [6.07, 6.45) is 0.212. The van der Waals surface area contributed by atoms with Crippen molar-refractivity contribution >= 4 is 11.6 Å². The van der Waals surface area contributed by atoms with Crippen LogP contribution in [0.15, 0.2) is 78.9 Å². The van der Waals surface area contributed by atoms with Crippen LogP contribution in [0.3, 0.4) is 0 Å². The Kier molecular flexibility index (Phi) is 4.48. The Balaban J connectivity index is 1.66. The molecule has 0 aliphatic carbocycles. The number of benzene rings is 3. The van der Waals surface area contributed by atoms with Crippen LogP contribution in [0.4, 0.5) is 10.1 Å². The topological polar surface area (TPSA) is 29.1 Å². The smallest absolute Gasteiger partial charge is 0.228 e. The van der Waals surface area contributed by atoms with Crippen LogP contribution in [0.5, 0.6) is 0 Å². The SMILES string of the molecule is O=C(Cc1ccc(-c2ccccc2)cc1)Nc1ccccc1F. The molecule has 114 valence electrons. The maximum atomic E-state index is 13.5. The highest BCUT2D eigenvalue weighted by Crippen LogP contribution is 2.19. The van der Waals surface area contributed by atoms with Gasteiger partial charge in [-0.15, -0.1) is 0 Å². The highest BCUT2D eigenvalue weighted by atomic mass is 19.1. The van der Waals surface area contributed by atoms with Gasteiger partial charge in [-0.05, 0) is 28.8 Å². The highest BCUT2D eigenvalue weighted by molar-refractivity contribution is 5.92. The van der Waals surface area contributed by atoms with Gasteiger partial charge in [0.25, 0.3) is 0 Å². The Morgan fingerprint density at radius 3 is 2.09 bits per heavy atom. The number of nitrogens with one attached hydrogen (secondary N) is 1. The molecular formula is C20H16FNO. The number of halogens is 1. The Labute approximate surface area is 134 Å². The lowest BCUT2D eigenvalue weighted by Gasteiger charge is -2.07. The summed E-state index contributed by atoms with van der Waals surface area (Å²) in [5.74, 6) is -0.664. The fourth-order valence-electron chi connectivity index (χ4n) is 2.39. The fraction of sp³-hybridized carbons (Fsp3) is 0.0500. The van der Waals surface area contributed by atoms with Gasteiger partial charge < -0.3 is 5.32 Å². The molecule has 1 amide bonds.